The predicted octanol–water partition coefficient (Wildman–Crippen LogP) is 20.8. The van der Waals surface area contributed by atoms with Gasteiger partial charge < -0.3 is 14.2 Å². The summed E-state index contributed by atoms with van der Waals surface area (Å²) in [6.07, 6.45) is 8.05. The maximum atomic E-state index is 6.25. The number of ether oxygens (including phenoxy) is 1. The first-order valence-corrected chi connectivity index (χ1v) is 28.1. The van der Waals surface area contributed by atoms with Crippen LogP contribution in [0, 0.1) is 5.92 Å². The normalized spacial score (nSPS) is 14.2. The Kier molecular flexibility index (Phi) is 13.8. The summed E-state index contributed by atoms with van der Waals surface area (Å²) in [5, 5.41) is 2.45. The summed E-state index contributed by atoms with van der Waals surface area (Å²) in [4.78, 5) is 2.43. The van der Waals surface area contributed by atoms with Gasteiger partial charge in [0, 0.05) is 38.9 Å². The highest BCUT2D eigenvalue weighted by Gasteiger charge is 2.44. The van der Waals surface area contributed by atoms with E-state index in [1.165, 1.54) is 77.4 Å². The first-order valence-electron chi connectivity index (χ1n) is 28.1. The van der Waals surface area contributed by atoms with Crippen molar-refractivity contribution >= 4 is 51.0 Å². The van der Waals surface area contributed by atoms with Gasteiger partial charge in [-0.1, -0.05) is 218 Å². The third-order valence-corrected chi connectivity index (χ3v) is 16.5. The molecule has 0 amide bonds. The van der Waals surface area contributed by atoms with Crippen LogP contribution >= 0.6 is 0 Å². The standard InChI is InChI=1S/C76H68N2O/c1-7-54-26-38-64(39-27-54)78-73-46-34-58(56-30-36-60(37-31-56)75(4,5)6)49-69(73)70-50-59(35-47-74(70)78)57-32-40-63(41-33-57)77(62-22-13-10-14-23-62)65-42-45-68-67-24-15-16-25-71(67)76(72(68)51-65,61-20-11-9-12-21-61)48-18-17-19-53(3)52-79-66-43-28-55(8-2)29-44-66/h7-16,20-47,49-51,53H,1-2,17-19,48,52H2,3-6H3. The summed E-state index contributed by atoms with van der Waals surface area (Å²) < 4.78 is 8.65. The molecule has 79 heavy (non-hydrogen) atoms. The van der Waals surface area contributed by atoms with E-state index in [9.17, 15) is 0 Å². The van der Waals surface area contributed by atoms with E-state index >= 15 is 0 Å². The van der Waals surface area contributed by atoms with Gasteiger partial charge in [-0.3, -0.25) is 0 Å². The molecule has 11 aromatic rings. The molecule has 2 unspecified atom stereocenters. The van der Waals surface area contributed by atoms with E-state index in [0.717, 1.165) is 65.3 Å². The highest BCUT2D eigenvalue weighted by molar-refractivity contribution is 6.11. The van der Waals surface area contributed by atoms with Crippen molar-refractivity contribution in [2.75, 3.05) is 11.5 Å². The number of aromatic nitrogens is 1. The van der Waals surface area contributed by atoms with E-state index in [1.807, 2.05) is 24.3 Å². The molecular formula is C76H68N2O. The molecule has 2 atom stereocenters. The number of fused-ring (bicyclic) bond motifs is 6. The average Bonchev–Trinajstić information content (AvgIpc) is 4.01. The second-order valence-corrected chi connectivity index (χ2v) is 22.6. The summed E-state index contributed by atoms with van der Waals surface area (Å²) in [5.74, 6) is 1.34. The molecule has 1 aliphatic carbocycles. The van der Waals surface area contributed by atoms with Crippen molar-refractivity contribution in [1.82, 2.24) is 4.57 Å². The van der Waals surface area contributed by atoms with Crippen LogP contribution in [-0.2, 0) is 10.8 Å². The van der Waals surface area contributed by atoms with Crippen LogP contribution in [0.1, 0.15) is 86.8 Å². The molecule has 3 heteroatoms. The summed E-state index contributed by atoms with van der Waals surface area (Å²) in [6.45, 7) is 17.7. The van der Waals surface area contributed by atoms with Crippen LogP contribution in [0.2, 0.25) is 0 Å². The number of hydrogen-bond acceptors (Lipinski definition) is 2. The molecular weight excluding hydrogens is 957 g/mol. The Balaban J connectivity index is 0.893. The summed E-state index contributed by atoms with van der Waals surface area (Å²) >= 11 is 0. The lowest BCUT2D eigenvalue weighted by atomic mass is 9.69. The number of unbranched alkanes of at least 4 members (excludes halogenated alkanes) is 1. The van der Waals surface area contributed by atoms with Crippen molar-refractivity contribution in [3.8, 4) is 44.8 Å². The minimum absolute atomic E-state index is 0.0904. The van der Waals surface area contributed by atoms with Crippen LogP contribution in [0.15, 0.2) is 250 Å². The van der Waals surface area contributed by atoms with Crippen LogP contribution in [-0.4, -0.2) is 11.2 Å². The van der Waals surface area contributed by atoms with E-state index < -0.39 is 0 Å². The van der Waals surface area contributed by atoms with Crippen LogP contribution < -0.4 is 9.64 Å². The Bertz CT molecular complexity index is 3960. The van der Waals surface area contributed by atoms with Gasteiger partial charge in [0.25, 0.3) is 0 Å². The van der Waals surface area contributed by atoms with Gasteiger partial charge in [0.1, 0.15) is 5.75 Å². The molecule has 0 saturated heterocycles. The first kappa shape index (κ1) is 50.9. The number of para-hydroxylation sites is 1. The Labute approximate surface area is 467 Å². The van der Waals surface area contributed by atoms with Gasteiger partial charge in [0.15, 0.2) is 0 Å². The Morgan fingerprint density at radius 3 is 1.66 bits per heavy atom. The molecule has 1 aliphatic rings. The van der Waals surface area contributed by atoms with Crippen molar-refractivity contribution in [1.29, 1.82) is 0 Å². The lowest BCUT2D eigenvalue weighted by Gasteiger charge is -2.34. The van der Waals surface area contributed by atoms with Gasteiger partial charge in [-0.25, -0.2) is 0 Å². The van der Waals surface area contributed by atoms with E-state index in [-0.39, 0.29) is 10.8 Å². The number of rotatable bonds is 17. The summed E-state index contributed by atoms with van der Waals surface area (Å²) in [7, 11) is 0. The van der Waals surface area contributed by atoms with Gasteiger partial charge in [0.2, 0.25) is 0 Å². The molecule has 0 radical (unpaired) electrons. The third kappa shape index (κ3) is 9.80. The Hall–Kier alpha value is -8.92. The van der Waals surface area contributed by atoms with Crippen molar-refractivity contribution in [2.24, 2.45) is 5.92 Å². The van der Waals surface area contributed by atoms with E-state index in [0.29, 0.717) is 12.5 Å². The van der Waals surface area contributed by atoms with Gasteiger partial charge in [-0.15, -0.1) is 0 Å². The molecule has 0 fully saturated rings. The van der Waals surface area contributed by atoms with E-state index in [2.05, 4.69) is 275 Å². The third-order valence-electron chi connectivity index (χ3n) is 16.5. The minimum Gasteiger partial charge on any atom is -0.493 e. The maximum Gasteiger partial charge on any atom is 0.119 e. The zero-order valence-electron chi connectivity index (χ0n) is 46.0. The molecule has 0 N–H and O–H groups in total. The van der Waals surface area contributed by atoms with Gasteiger partial charge in [-0.05, 0) is 176 Å². The lowest BCUT2D eigenvalue weighted by molar-refractivity contribution is 0.248. The van der Waals surface area contributed by atoms with Gasteiger partial charge in [0.05, 0.1) is 17.6 Å². The number of benzene rings is 10. The summed E-state index contributed by atoms with van der Waals surface area (Å²) in [6, 6.07) is 87.5. The predicted molar refractivity (Wildman–Crippen MR) is 337 cm³/mol. The second-order valence-electron chi connectivity index (χ2n) is 22.6. The van der Waals surface area contributed by atoms with E-state index in [4.69, 9.17) is 4.74 Å². The van der Waals surface area contributed by atoms with Crippen molar-refractivity contribution in [2.45, 2.75) is 64.2 Å². The number of nitrogens with zero attached hydrogens (tertiary/aromatic N) is 2. The highest BCUT2D eigenvalue weighted by Crippen LogP contribution is 2.56. The molecule has 388 valence electrons. The lowest BCUT2D eigenvalue weighted by Crippen LogP contribution is -2.27. The minimum atomic E-state index is -0.323. The average molecular weight is 1030 g/mol. The molecule has 0 aliphatic heterocycles. The summed E-state index contributed by atoms with van der Waals surface area (Å²) in [5.41, 5.74) is 21.6. The molecule has 0 saturated carbocycles. The largest absolute Gasteiger partial charge is 0.493 e. The van der Waals surface area contributed by atoms with Crippen LogP contribution in [0.3, 0.4) is 0 Å². The Morgan fingerprint density at radius 1 is 0.506 bits per heavy atom. The monoisotopic (exact) mass is 1020 g/mol. The SMILES string of the molecule is C=Cc1ccc(OCC(C)CCCCC2(c3ccccc3)c3ccccc3-c3ccc(N(c4ccccc4)c4ccc(-c5ccc6c(c5)c5cc(-c7ccc(C(C)(C)C)cc7)ccc5n6-c5ccc(C=C)cc5)cc4)cc32)cc1. The quantitative estimate of drug-likeness (QED) is 0.0846. The van der Waals surface area contributed by atoms with Gasteiger partial charge in [-0.2, -0.15) is 0 Å². The Morgan fingerprint density at radius 2 is 1.04 bits per heavy atom. The fourth-order valence-electron chi connectivity index (χ4n) is 12.3. The molecule has 1 aromatic heterocycles. The highest BCUT2D eigenvalue weighted by atomic mass is 16.5. The van der Waals surface area contributed by atoms with Crippen LogP contribution in [0.25, 0.3) is 73.0 Å². The first-order chi connectivity index (χ1) is 38.6. The van der Waals surface area contributed by atoms with Crippen molar-refractivity contribution in [3.63, 3.8) is 0 Å². The second kappa shape index (κ2) is 21.5. The smallest absolute Gasteiger partial charge is 0.119 e. The van der Waals surface area contributed by atoms with Crippen LogP contribution in [0.5, 0.6) is 5.75 Å². The molecule has 12 rings (SSSR count). The van der Waals surface area contributed by atoms with Gasteiger partial charge >= 0.3 is 0 Å². The number of anilines is 3. The van der Waals surface area contributed by atoms with E-state index in [1.54, 1.807) is 0 Å². The molecule has 0 spiro atoms. The number of hydrogen-bond donors (Lipinski definition) is 0. The fraction of sp³-hybridized carbons (Fsp3) is 0.158. The topological polar surface area (TPSA) is 17.4 Å². The molecule has 10 aromatic carbocycles. The molecule has 3 nitrogen and oxygen atoms in total. The van der Waals surface area contributed by atoms with Crippen molar-refractivity contribution in [3.05, 3.63) is 283 Å². The molecule has 1 heterocycles. The maximum absolute atomic E-state index is 6.25. The van der Waals surface area contributed by atoms with Crippen LogP contribution in [0.4, 0.5) is 17.1 Å². The zero-order valence-corrected chi connectivity index (χ0v) is 46.0. The molecule has 0 bridgehead atoms. The zero-order chi connectivity index (χ0) is 54.1. The fourth-order valence-corrected chi connectivity index (χ4v) is 12.3. The van der Waals surface area contributed by atoms with Crippen molar-refractivity contribution < 1.29 is 4.74 Å².